The minimum atomic E-state index is -1.27. The molecule has 100 valence electrons. The average molecular weight is 250 g/mol. The monoisotopic (exact) mass is 250 g/mol. The van der Waals surface area contributed by atoms with E-state index in [2.05, 4.69) is 26.2 Å². The molecule has 0 aromatic heterocycles. The van der Waals surface area contributed by atoms with Gasteiger partial charge in [-0.15, -0.1) is 0 Å². The van der Waals surface area contributed by atoms with Crippen LogP contribution in [0.4, 0.5) is 0 Å². The molecule has 1 aromatic rings. The Balaban J connectivity index is 3.44. The minimum Gasteiger partial charge on any atom is -0.480 e. The molecule has 0 fully saturated rings. The highest BCUT2D eigenvalue weighted by atomic mass is 16.4. The summed E-state index contributed by atoms with van der Waals surface area (Å²) < 4.78 is 0. The van der Waals surface area contributed by atoms with Gasteiger partial charge in [0.1, 0.15) is 0 Å². The number of aryl methyl sites for hydroxylation is 1. The van der Waals surface area contributed by atoms with E-state index in [1.54, 1.807) is 6.92 Å². The van der Waals surface area contributed by atoms with E-state index < -0.39 is 11.5 Å². The first-order chi connectivity index (χ1) is 8.13. The SMILES string of the molecule is Cc1ccc(C(C)(C)C)cc1C(C)(NN)C(=O)O. The molecule has 0 radical (unpaired) electrons. The number of carboxylic acids is 1. The standard InChI is InChI=1S/C14H22N2O2/c1-9-6-7-10(13(2,3)4)8-11(9)14(5,16-15)12(17)18/h6-8,16H,15H2,1-5H3,(H,17,18). The van der Waals surface area contributed by atoms with Gasteiger partial charge >= 0.3 is 5.97 Å². The van der Waals surface area contributed by atoms with Crippen molar-refractivity contribution in [3.8, 4) is 0 Å². The largest absolute Gasteiger partial charge is 0.480 e. The van der Waals surface area contributed by atoms with E-state index in [9.17, 15) is 9.90 Å². The van der Waals surface area contributed by atoms with E-state index in [1.807, 2.05) is 25.1 Å². The van der Waals surface area contributed by atoms with Crippen molar-refractivity contribution in [2.45, 2.75) is 45.6 Å². The molecule has 4 heteroatoms. The summed E-state index contributed by atoms with van der Waals surface area (Å²) in [5, 5.41) is 9.36. The minimum absolute atomic E-state index is 0.0313. The van der Waals surface area contributed by atoms with E-state index in [0.717, 1.165) is 11.1 Å². The van der Waals surface area contributed by atoms with Crippen LogP contribution in [-0.2, 0) is 15.7 Å². The van der Waals surface area contributed by atoms with Gasteiger partial charge in [0.25, 0.3) is 0 Å². The lowest BCUT2D eigenvalue weighted by Crippen LogP contribution is -2.50. The van der Waals surface area contributed by atoms with Crippen LogP contribution in [0.3, 0.4) is 0 Å². The molecule has 0 aliphatic carbocycles. The molecule has 0 aliphatic rings. The van der Waals surface area contributed by atoms with Crippen LogP contribution >= 0.6 is 0 Å². The second-order valence-corrected chi connectivity index (χ2v) is 5.85. The third-order valence-electron chi connectivity index (χ3n) is 3.36. The maximum Gasteiger partial charge on any atom is 0.329 e. The molecular weight excluding hydrogens is 228 g/mol. The fraction of sp³-hybridized carbons (Fsp3) is 0.500. The smallest absolute Gasteiger partial charge is 0.329 e. The van der Waals surface area contributed by atoms with Gasteiger partial charge in [0.2, 0.25) is 0 Å². The fourth-order valence-corrected chi connectivity index (χ4v) is 1.88. The molecular formula is C14H22N2O2. The summed E-state index contributed by atoms with van der Waals surface area (Å²) in [6, 6.07) is 5.88. The summed E-state index contributed by atoms with van der Waals surface area (Å²) >= 11 is 0. The van der Waals surface area contributed by atoms with Crippen LogP contribution < -0.4 is 11.3 Å². The van der Waals surface area contributed by atoms with E-state index in [1.165, 1.54) is 0 Å². The Kier molecular flexibility index (Phi) is 3.84. The van der Waals surface area contributed by atoms with Crippen molar-refractivity contribution in [1.29, 1.82) is 0 Å². The zero-order chi connectivity index (χ0) is 14.1. The number of nitrogens with one attached hydrogen (secondary N) is 1. The number of rotatable bonds is 3. The molecule has 0 amide bonds. The average Bonchev–Trinajstić information content (AvgIpc) is 2.26. The first-order valence-corrected chi connectivity index (χ1v) is 5.95. The summed E-state index contributed by atoms with van der Waals surface area (Å²) in [6.45, 7) is 9.74. The number of aliphatic carboxylic acids is 1. The second-order valence-electron chi connectivity index (χ2n) is 5.85. The summed E-state index contributed by atoms with van der Waals surface area (Å²) in [6.07, 6.45) is 0. The molecule has 0 heterocycles. The second kappa shape index (κ2) is 4.71. The predicted octanol–water partition coefficient (Wildman–Crippen LogP) is 2.06. The molecule has 1 atom stereocenters. The molecule has 18 heavy (non-hydrogen) atoms. The van der Waals surface area contributed by atoms with Crippen molar-refractivity contribution >= 4 is 5.97 Å². The number of hydrogen-bond donors (Lipinski definition) is 3. The molecule has 0 aliphatic heterocycles. The number of nitrogens with two attached hydrogens (primary N) is 1. The van der Waals surface area contributed by atoms with Crippen molar-refractivity contribution in [1.82, 2.24) is 5.43 Å². The summed E-state index contributed by atoms with van der Waals surface area (Å²) in [5.41, 5.74) is 3.81. The first kappa shape index (κ1) is 14.7. The van der Waals surface area contributed by atoms with Crippen LogP contribution in [0.15, 0.2) is 18.2 Å². The van der Waals surface area contributed by atoms with Crippen LogP contribution in [0.25, 0.3) is 0 Å². The zero-order valence-corrected chi connectivity index (χ0v) is 11.7. The number of benzene rings is 1. The molecule has 1 aromatic carbocycles. The Bertz CT molecular complexity index is 463. The Hall–Kier alpha value is -1.39. The fourth-order valence-electron chi connectivity index (χ4n) is 1.88. The van der Waals surface area contributed by atoms with Crippen molar-refractivity contribution in [3.05, 3.63) is 34.9 Å². The topological polar surface area (TPSA) is 75.3 Å². The zero-order valence-electron chi connectivity index (χ0n) is 11.7. The molecule has 1 rings (SSSR count). The molecule has 0 spiro atoms. The lowest BCUT2D eigenvalue weighted by molar-refractivity contribution is -0.144. The summed E-state index contributed by atoms with van der Waals surface area (Å²) in [4.78, 5) is 11.4. The molecule has 0 saturated carbocycles. The van der Waals surface area contributed by atoms with Crippen LogP contribution in [0.1, 0.15) is 44.4 Å². The van der Waals surface area contributed by atoms with Crippen LogP contribution in [-0.4, -0.2) is 11.1 Å². The quantitative estimate of drug-likeness (QED) is 0.567. The van der Waals surface area contributed by atoms with Crippen LogP contribution in [0.2, 0.25) is 0 Å². The van der Waals surface area contributed by atoms with Crippen LogP contribution in [0, 0.1) is 6.92 Å². The maximum atomic E-state index is 11.4. The Morgan fingerprint density at radius 3 is 2.22 bits per heavy atom. The van der Waals surface area contributed by atoms with Crippen molar-refractivity contribution in [3.63, 3.8) is 0 Å². The van der Waals surface area contributed by atoms with Gasteiger partial charge in [-0.1, -0.05) is 39.0 Å². The Morgan fingerprint density at radius 2 is 1.83 bits per heavy atom. The predicted molar refractivity (Wildman–Crippen MR) is 72.2 cm³/mol. The lowest BCUT2D eigenvalue weighted by Gasteiger charge is -2.29. The van der Waals surface area contributed by atoms with E-state index >= 15 is 0 Å². The van der Waals surface area contributed by atoms with Gasteiger partial charge in [0.15, 0.2) is 5.54 Å². The number of hydrogen-bond acceptors (Lipinski definition) is 3. The molecule has 0 bridgehead atoms. The van der Waals surface area contributed by atoms with Crippen molar-refractivity contribution in [2.75, 3.05) is 0 Å². The Morgan fingerprint density at radius 1 is 1.28 bits per heavy atom. The summed E-state index contributed by atoms with van der Waals surface area (Å²) in [7, 11) is 0. The molecule has 1 unspecified atom stereocenters. The highest BCUT2D eigenvalue weighted by Crippen LogP contribution is 2.30. The highest BCUT2D eigenvalue weighted by molar-refractivity contribution is 5.80. The maximum absolute atomic E-state index is 11.4. The van der Waals surface area contributed by atoms with E-state index in [-0.39, 0.29) is 5.41 Å². The van der Waals surface area contributed by atoms with Crippen LogP contribution in [0.5, 0.6) is 0 Å². The number of hydrazine groups is 1. The molecule has 4 N–H and O–H groups in total. The van der Waals surface area contributed by atoms with E-state index in [4.69, 9.17) is 5.84 Å². The van der Waals surface area contributed by atoms with Crippen molar-refractivity contribution in [2.24, 2.45) is 5.84 Å². The molecule has 4 nitrogen and oxygen atoms in total. The van der Waals surface area contributed by atoms with Gasteiger partial charge in [-0.2, -0.15) is 0 Å². The highest BCUT2D eigenvalue weighted by Gasteiger charge is 2.36. The van der Waals surface area contributed by atoms with Gasteiger partial charge in [-0.05, 0) is 36.0 Å². The third-order valence-corrected chi connectivity index (χ3v) is 3.36. The molecule has 0 saturated heterocycles. The van der Waals surface area contributed by atoms with E-state index in [0.29, 0.717) is 5.56 Å². The van der Waals surface area contributed by atoms with Gasteiger partial charge in [-0.3, -0.25) is 5.84 Å². The normalized spacial score (nSPS) is 15.2. The first-order valence-electron chi connectivity index (χ1n) is 5.95. The van der Waals surface area contributed by atoms with Gasteiger partial charge < -0.3 is 5.11 Å². The van der Waals surface area contributed by atoms with Gasteiger partial charge in [0, 0.05) is 0 Å². The lowest BCUT2D eigenvalue weighted by atomic mass is 9.81. The van der Waals surface area contributed by atoms with Crippen molar-refractivity contribution < 1.29 is 9.90 Å². The number of carbonyl (C=O) groups is 1. The van der Waals surface area contributed by atoms with Gasteiger partial charge in [-0.25, -0.2) is 10.2 Å². The third kappa shape index (κ3) is 2.54. The summed E-state index contributed by atoms with van der Waals surface area (Å²) in [5.74, 6) is 4.45. The number of carboxylic acid groups (broad SMARTS) is 1. The van der Waals surface area contributed by atoms with Gasteiger partial charge in [0.05, 0.1) is 0 Å². The Labute approximate surface area is 108 Å².